The number of hydrogen-bond donors (Lipinski definition) is 1. The SMILES string of the molecule is Cc1cc(C)n(-c2nc(CCNS(=O)(=O)Cc3ccc(F)cc3)cs2)n1. The van der Waals surface area contributed by atoms with E-state index in [4.69, 9.17) is 0 Å². The predicted molar refractivity (Wildman–Crippen MR) is 99.4 cm³/mol. The van der Waals surface area contributed by atoms with E-state index in [0.717, 1.165) is 22.2 Å². The van der Waals surface area contributed by atoms with Crippen molar-refractivity contribution in [2.45, 2.75) is 26.0 Å². The molecule has 3 aromatic rings. The number of benzene rings is 1. The van der Waals surface area contributed by atoms with Crippen molar-refractivity contribution in [3.63, 3.8) is 0 Å². The number of hydrogen-bond acceptors (Lipinski definition) is 5. The number of rotatable bonds is 7. The van der Waals surface area contributed by atoms with Crippen molar-refractivity contribution in [1.82, 2.24) is 19.5 Å². The second-order valence-electron chi connectivity index (χ2n) is 5.99. The zero-order valence-corrected chi connectivity index (χ0v) is 16.1. The molecule has 0 saturated carbocycles. The fraction of sp³-hybridized carbons (Fsp3) is 0.294. The third kappa shape index (κ3) is 4.75. The maximum atomic E-state index is 12.9. The first kappa shape index (κ1) is 18.7. The lowest BCUT2D eigenvalue weighted by molar-refractivity contribution is 0.580. The van der Waals surface area contributed by atoms with Gasteiger partial charge in [-0.15, -0.1) is 11.3 Å². The Morgan fingerprint density at radius 2 is 1.96 bits per heavy atom. The molecule has 6 nitrogen and oxygen atoms in total. The van der Waals surface area contributed by atoms with E-state index in [9.17, 15) is 12.8 Å². The van der Waals surface area contributed by atoms with Gasteiger partial charge in [0.15, 0.2) is 0 Å². The summed E-state index contributed by atoms with van der Waals surface area (Å²) in [7, 11) is -3.48. The number of thiazole rings is 1. The van der Waals surface area contributed by atoms with Crippen LogP contribution in [0.5, 0.6) is 0 Å². The fourth-order valence-electron chi connectivity index (χ4n) is 2.52. The highest BCUT2D eigenvalue weighted by atomic mass is 32.2. The zero-order valence-electron chi connectivity index (χ0n) is 14.4. The van der Waals surface area contributed by atoms with Crippen molar-refractivity contribution >= 4 is 21.4 Å². The minimum Gasteiger partial charge on any atom is -0.223 e. The van der Waals surface area contributed by atoms with E-state index >= 15 is 0 Å². The molecule has 0 radical (unpaired) electrons. The molecule has 0 atom stereocenters. The summed E-state index contributed by atoms with van der Waals surface area (Å²) in [4.78, 5) is 4.51. The number of sulfonamides is 1. The Bertz CT molecular complexity index is 994. The van der Waals surface area contributed by atoms with Crippen molar-refractivity contribution in [3.05, 3.63) is 64.2 Å². The van der Waals surface area contributed by atoms with Gasteiger partial charge in [0, 0.05) is 24.0 Å². The van der Waals surface area contributed by atoms with Crippen molar-refractivity contribution in [2.24, 2.45) is 0 Å². The first-order valence-corrected chi connectivity index (χ1v) is 10.6. The van der Waals surface area contributed by atoms with E-state index < -0.39 is 10.0 Å². The Hall–Kier alpha value is -2.10. The Labute approximate surface area is 155 Å². The molecule has 0 amide bonds. The lowest BCUT2D eigenvalue weighted by Crippen LogP contribution is -2.27. The molecule has 2 aromatic heterocycles. The summed E-state index contributed by atoms with van der Waals surface area (Å²) < 4.78 is 41.4. The molecule has 9 heteroatoms. The van der Waals surface area contributed by atoms with E-state index in [2.05, 4.69) is 14.8 Å². The average Bonchev–Trinajstić information content (AvgIpc) is 3.15. The summed E-state index contributed by atoms with van der Waals surface area (Å²) in [6.45, 7) is 4.14. The Morgan fingerprint density at radius 3 is 2.62 bits per heavy atom. The van der Waals surface area contributed by atoms with E-state index in [1.807, 2.05) is 25.3 Å². The van der Waals surface area contributed by atoms with E-state index in [1.54, 1.807) is 4.68 Å². The van der Waals surface area contributed by atoms with Crippen LogP contribution in [0, 0.1) is 19.7 Å². The molecule has 26 heavy (non-hydrogen) atoms. The van der Waals surface area contributed by atoms with E-state index in [0.29, 0.717) is 12.0 Å². The second kappa shape index (κ2) is 7.65. The molecule has 3 rings (SSSR count). The zero-order chi connectivity index (χ0) is 18.7. The number of halogens is 1. The Kier molecular flexibility index (Phi) is 5.49. The van der Waals surface area contributed by atoms with Crippen LogP contribution in [0.25, 0.3) is 5.13 Å². The third-order valence-corrected chi connectivity index (χ3v) is 5.93. The van der Waals surface area contributed by atoms with Gasteiger partial charge in [-0.2, -0.15) is 5.10 Å². The van der Waals surface area contributed by atoms with Gasteiger partial charge < -0.3 is 0 Å². The normalized spacial score (nSPS) is 11.8. The molecule has 0 fully saturated rings. The van der Waals surface area contributed by atoms with Gasteiger partial charge in [0.25, 0.3) is 0 Å². The molecule has 2 heterocycles. The first-order valence-electron chi connectivity index (χ1n) is 8.02. The average molecular weight is 394 g/mol. The quantitative estimate of drug-likeness (QED) is 0.668. The monoisotopic (exact) mass is 394 g/mol. The van der Waals surface area contributed by atoms with Gasteiger partial charge in [-0.25, -0.2) is 27.2 Å². The van der Waals surface area contributed by atoms with Gasteiger partial charge in [-0.05, 0) is 37.6 Å². The van der Waals surface area contributed by atoms with Gasteiger partial charge in [-0.1, -0.05) is 12.1 Å². The van der Waals surface area contributed by atoms with Crippen LogP contribution in [0.3, 0.4) is 0 Å². The van der Waals surface area contributed by atoms with Crippen LogP contribution in [0.15, 0.2) is 35.7 Å². The number of nitrogens with one attached hydrogen (secondary N) is 1. The smallest absolute Gasteiger partial charge is 0.215 e. The topological polar surface area (TPSA) is 76.9 Å². The van der Waals surface area contributed by atoms with Crippen molar-refractivity contribution in [3.8, 4) is 5.13 Å². The van der Waals surface area contributed by atoms with Gasteiger partial charge in [0.1, 0.15) is 5.82 Å². The van der Waals surface area contributed by atoms with Crippen molar-refractivity contribution in [2.75, 3.05) is 6.54 Å². The maximum absolute atomic E-state index is 12.9. The molecule has 0 unspecified atom stereocenters. The minimum atomic E-state index is -3.48. The maximum Gasteiger partial charge on any atom is 0.215 e. The van der Waals surface area contributed by atoms with Gasteiger partial charge in [-0.3, -0.25) is 0 Å². The highest BCUT2D eigenvalue weighted by molar-refractivity contribution is 7.88. The lowest BCUT2D eigenvalue weighted by atomic mass is 10.2. The summed E-state index contributed by atoms with van der Waals surface area (Å²) >= 11 is 1.47. The highest BCUT2D eigenvalue weighted by Crippen LogP contribution is 2.17. The number of aromatic nitrogens is 3. The molecule has 1 aromatic carbocycles. The van der Waals surface area contributed by atoms with Crippen molar-refractivity contribution in [1.29, 1.82) is 0 Å². The van der Waals surface area contributed by atoms with Crippen LogP contribution in [0.1, 0.15) is 22.6 Å². The lowest BCUT2D eigenvalue weighted by Gasteiger charge is -2.06. The molecule has 138 valence electrons. The summed E-state index contributed by atoms with van der Waals surface area (Å²) in [6, 6.07) is 7.41. The molecular formula is C17H19FN4O2S2. The molecule has 1 N–H and O–H groups in total. The second-order valence-corrected chi connectivity index (χ2v) is 8.63. The molecule has 0 aliphatic rings. The van der Waals surface area contributed by atoms with Crippen LogP contribution in [0.4, 0.5) is 4.39 Å². The molecule has 0 bridgehead atoms. The van der Waals surface area contributed by atoms with Crippen molar-refractivity contribution < 1.29 is 12.8 Å². The van der Waals surface area contributed by atoms with Gasteiger partial charge in [0.2, 0.25) is 15.2 Å². The highest BCUT2D eigenvalue weighted by Gasteiger charge is 2.13. The Morgan fingerprint density at radius 1 is 1.23 bits per heavy atom. The van der Waals surface area contributed by atoms with Crippen LogP contribution < -0.4 is 4.72 Å². The molecule has 0 aliphatic heterocycles. The van der Waals surface area contributed by atoms with Gasteiger partial charge >= 0.3 is 0 Å². The van der Waals surface area contributed by atoms with Crippen LogP contribution in [-0.2, 0) is 22.2 Å². The summed E-state index contributed by atoms with van der Waals surface area (Å²) in [5.41, 5.74) is 3.28. The van der Waals surface area contributed by atoms with E-state index in [1.165, 1.54) is 35.6 Å². The molecule has 0 spiro atoms. The third-order valence-electron chi connectivity index (χ3n) is 3.70. The summed E-state index contributed by atoms with van der Waals surface area (Å²) in [5, 5.41) is 7.06. The van der Waals surface area contributed by atoms with Crippen LogP contribution >= 0.6 is 11.3 Å². The largest absolute Gasteiger partial charge is 0.223 e. The minimum absolute atomic E-state index is 0.179. The molecular weight excluding hydrogens is 375 g/mol. The standard InChI is InChI=1S/C17H19FN4O2S2/c1-12-9-13(2)22(21-12)17-20-16(10-25-17)7-8-19-26(23,24)11-14-3-5-15(18)6-4-14/h3-6,9-10,19H,7-8,11H2,1-2H3. The van der Waals surface area contributed by atoms with Crippen LogP contribution in [0.2, 0.25) is 0 Å². The summed E-state index contributed by atoms with van der Waals surface area (Å²) in [5.74, 6) is -0.567. The number of nitrogens with zero attached hydrogens (tertiary/aromatic N) is 3. The summed E-state index contributed by atoms with van der Waals surface area (Å²) in [6.07, 6.45) is 0.485. The molecule has 0 aliphatic carbocycles. The van der Waals surface area contributed by atoms with E-state index in [-0.39, 0.29) is 18.1 Å². The van der Waals surface area contributed by atoms with Gasteiger partial charge in [0.05, 0.1) is 17.1 Å². The predicted octanol–water partition coefficient (Wildman–Crippen LogP) is 2.75. The first-order chi connectivity index (χ1) is 12.3. The fourth-order valence-corrected chi connectivity index (χ4v) is 4.53. The van der Waals surface area contributed by atoms with Crippen LogP contribution in [-0.4, -0.2) is 29.7 Å². The number of aryl methyl sites for hydroxylation is 2. The molecule has 0 saturated heterocycles. The Balaban J connectivity index is 1.56.